The molecule has 0 spiro atoms. The van der Waals surface area contributed by atoms with Crippen molar-refractivity contribution in [3.8, 4) is 6.07 Å². The molecule has 2 aliphatic rings. The van der Waals surface area contributed by atoms with Gasteiger partial charge in [-0.25, -0.2) is 4.98 Å². The molecule has 2 aliphatic heterocycles. The van der Waals surface area contributed by atoms with Gasteiger partial charge in [0.25, 0.3) is 0 Å². The summed E-state index contributed by atoms with van der Waals surface area (Å²) in [4.78, 5) is 16.3. The summed E-state index contributed by atoms with van der Waals surface area (Å²) in [6.45, 7) is 2.78. The Labute approximate surface area is 210 Å². The molecule has 6 heterocycles. The van der Waals surface area contributed by atoms with Crippen LogP contribution in [-0.2, 0) is 6.54 Å². The number of piperidine rings is 2. The van der Waals surface area contributed by atoms with Crippen LogP contribution in [0.15, 0.2) is 48.9 Å². The van der Waals surface area contributed by atoms with Crippen LogP contribution in [0.2, 0.25) is 0 Å². The Balaban J connectivity index is 1.23. The maximum absolute atomic E-state index is 9.52. The highest BCUT2D eigenvalue weighted by Gasteiger charge is 2.38. The molecular formula is C27H29N9. The smallest absolute Gasteiger partial charge is 0.153 e. The van der Waals surface area contributed by atoms with E-state index in [9.17, 15) is 5.26 Å². The van der Waals surface area contributed by atoms with Gasteiger partial charge in [-0.1, -0.05) is 6.42 Å². The largest absolute Gasteiger partial charge is 0.367 e. The molecule has 3 atom stereocenters. The summed E-state index contributed by atoms with van der Waals surface area (Å²) in [6, 6.07) is 13.5. The molecule has 0 radical (unpaired) electrons. The van der Waals surface area contributed by atoms with Gasteiger partial charge in [0, 0.05) is 66.5 Å². The number of anilines is 3. The summed E-state index contributed by atoms with van der Waals surface area (Å²) in [5.41, 5.74) is 3.63. The average molecular weight is 480 g/mol. The molecule has 4 aromatic heterocycles. The van der Waals surface area contributed by atoms with Gasteiger partial charge in [-0.2, -0.15) is 10.4 Å². The summed E-state index contributed by atoms with van der Waals surface area (Å²) in [5, 5.41) is 24.9. The van der Waals surface area contributed by atoms with Gasteiger partial charge in [0.1, 0.15) is 17.7 Å². The molecule has 1 unspecified atom stereocenters. The summed E-state index contributed by atoms with van der Waals surface area (Å²) >= 11 is 0. The molecule has 36 heavy (non-hydrogen) atoms. The Morgan fingerprint density at radius 1 is 1.14 bits per heavy atom. The van der Waals surface area contributed by atoms with Crippen molar-refractivity contribution in [3.05, 3.63) is 65.7 Å². The zero-order chi connectivity index (χ0) is 24.5. The molecule has 3 N–H and O–H groups in total. The second-order valence-electron chi connectivity index (χ2n) is 9.86. The van der Waals surface area contributed by atoms with Crippen molar-refractivity contribution in [1.29, 1.82) is 5.26 Å². The lowest BCUT2D eigenvalue weighted by Crippen LogP contribution is -2.54. The maximum atomic E-state index is 9.52. The standard InChI is InChI=1S/C27H29N9/c1-17-10-26(35-34-17)32-25-13-24-23(6-3-8-30-24)27(33-25)31-20-11-21-4-2-5-22(12-20)36(21)16-18-7-9-29-15-19(18)14-28/h3,6-10,13,15,20-22H,2,4-5,11-12,16H2,1H3,(H3,31,32,33,34,35)/t20?,21-,22+. The van der Waals surface area contributed by atoms with Crippen molar-refractivity contribution in [2.45, 2.75) is 63.7 Å². The van der Waals surface area contributed by atoms with E-state index in [1.165, 1.54) is 19.3 Å². The first-order chi connectivity index (χ1) is 17.7. The normalized spacial score (nSPS) is 21.7. The Hall–Kier alpha value is -4.03. The highest BCUT2D eigenvalue weighted by molar-refractivity contribution is 5.91. The van der Waals surface area contributed by atoms with E-state index in [1.54, 1.807) is 12.4 Å². The zero-order valence-electron chi connectivity index (χ0n) is 20.3. The first-order valence-electron chi connectivity index (χ1n) is 12.6. The van der Waals surface area contributed by atoms with E-state index >= 15 is 0 Å². The van der Waals surface area contributed by atoms with Crippen molar-refractivity contribution in [1.82, 2.24) is 30.0 Å². The van der Waals surface area contributed by atoms with Crippen molar-refractivity contribution < 1.29 is 0 Å². The van der Waals surface area contributed by atoms with Gasteiger partial charge in [-0.05, 0) is 56.4 Å². The van der Waals surface area contributed by atoms with E-state index in [0.717, 1.165) is 59.0 Å². The third-order valence-corrected chi connectivity index (χ3v) is 7.41. The van der Waals surface area contributed by atoms with Gasteiger partial charge >= 0.3 is 0 Å². The molecule has 2 bridgehead atoms. The molecule has 4 aromatic rings. The molecule has 0 aromatic carbocycles. The molecule has 182 valence electrons. The lowest BCUT2D eigenvalue weighted by atomic mass is 9.81. The van der Waals surface area contributed by atoms with Gasteiger partial charge in [0.2, 0.25) is 0 Å². The van der Waals surface area contributed by atoms with Crippen LogP contribution in [0, 0.1) is 18.3 Å². The number of aryl methyl sites for hydroxylation is 1. The van der Waals surface area contributed by atoms with E-state index < -0.39 is 0 Å². The van der Waals surface area contributed by atoms with Crippen molar-refractivity contribution >= 4 is 28.4 Å². The van der Waals surface area contributed by atoms with E-state index in [1.807, 2.05) is 37.4 Å². The fourth-order valence-electron chi connectivity index (χ4n) is 5.77. The van der Waals surface area contributed by atoms with Crippen LogP contribution in [0.5, 0.6) is 0 Å². The molecule has 0 amide bonds. The number of rotatable bonds is 6. The second kappa shape index (κ2) is 9.55. The molecule has 6 rings (SSSR count). The summed E-state index contributed by atoms with van der Waals surface area (Å²) < 4.78 is 0. The van der Waals surface area contributed by atoms with Crippen molar-refractivity contribution in [2.24, 2.45) is 0 Å². The quantitative estimate of drug-likeness (QED) is 0.365. The lowest BCUT2D eigenvalue weighted by molar-refractivity contribution is 0.0276. The van der Waals surface area contributed by atoms with Crippen LogP contribution >= 0.6 is 0 Å². The van der Waals surface area contributed by atoms with Crippen molar-refractivity contribution in [2.75, 3.05) is 10.6 Å². The molecule has 0 saturated carbocycles. The van der Waals surface area contributed by atoms with E-state index in [-0.39, 0.29) is 0 Å². The number of pyridine rings is 3. The molecule has 2 fully saturated rings. The maximum Gasteiger partial charge on any atom is 0.153 e. The van der Waals surface area contributed by atoms with Crippen LogP contribution in [0.3, 0.4) is 0 Å². The minimum Gasteiger partial charge on any atom is -0.367 e. The summed E-state index contributed by atoms with van der Waals surface area (Å²) in [6.07, 6.45) is 11.0. The fourth-order valence-corrected chi connectivity index (χ4v) is 5.77. The average Bonchev–Trinajstić information content (AvgIpc) is 3.29. The van der Waals surface area contributed by atoms with E-state index in [4.69, 9.17) is 4.98 Å². The minimum atomic E-state index is 0.322. The number of aromatic amines is 1. The number of hydrogen-bond acceptors (Lipinski definition) is 8. The Bertz CT molecular complexity index is 1410. The van der Waals surface area contributed by atoms with Crippen molar-refractivity contribution in [3.63, 3.8) is 0 Å². The van der Waals surface area contributed by atoms with Crippen LogP contribution < -0.4 is 10.6 Å². The van der Waals surface area contributed by atoms with E-state index in [2.05, 4.69) is 47.8 Å². The molecule has 9 nitrogen and oxygen atoms in total. The molecule has 9 heteroatoms. The van der Waals surface area contributed by atoms with Crippen LogP contribution in [0.4, 0.5) is 17.5 Å². The highest BCUT2D eigenvalue weighted by Crippen LogP contribution is 2.37. The summed E-state index contributed by atoms with van der Waals surface area (Å²) in [5.74, 6) is 2.30. The highest BCUT2D eigenvalue weighted by atomic mass is 15.2. The third kappa shape index (κ3) is 4.48. The number of H-pyrrole nitrogens is 1. The number of aromatic nitrogens is 5. The second-order valence-corrected chi connectivity index (χ2v) is 9.86. The van der Waals surface area contributed by atoms with Gasteiger partial charge in [-0.3, -0.25) is 20.0 Å². The zero-order valence-corrected chi connectivity index (χ0v) is 20.3. The first kappa shape index (κ1) is 22.4. The predicted octanol–water partition coefficient (Wildman–Crippen LogP) is 4.67. The molecule has 0 aliphatic carbocycles. The fraction of sp³-hybridized carbons (Fsp3) is 0.370. The number of nitrogens with one attached hydrogen (secondary N) is 3. The Morgan fingerprint density at radius 3 is 2.78 bits per heavy atom. The number of fused-ring (bicyclic) bond motifs is 3. The van der Waals surface area contributed by atoms with Gasteiger partial charge < -0.3 is 10.6 Å². The lowest BCUT2D eigenvalue weighted by Gasteiger charge is -2.49. The molecular weight excluding hydrogens is 450 g/mol. The molecule has 2 saturated heterocycles. The van der Waals surface area contributed by atoms with Gasteiger partial charge in [-0.15, -0.1) is 0 Å². The third-order valence-electron chi connectivity index (χ3n) is 7.41. The number of nitrogens with zero attached hydrogens (tertiary/aromatic N) is 6. The minimum absolute atomic E-state index is 0.322. The van der Waals surface area contributed by atoms with Gasteiger partial charge in [0.05, 0.1) is 11.1 Å². The van der Waals surface area contributed by atoms with Crippen LogP contribution in [0.25, 0.3) is 10.9 Å². The Kier molecular flexibility index (Phi) is 5.95. The van der Waals surface area contributed by atoms with E-state index in [0.29, 0.717) is 23.7 Å². The predicted molar refractivity (Wildman–Crippen MR) is 139 cm³/mol. The van der Waals surface area contributed by atoms with Crippen LogP contribution in [0.1, 0.15) is 48.9 Å². The number of hydrogen-bond donors (Lipinski definition) is 3. The van der Waals surface area contributed by atoms with Gasteiger partial charge in [0.15, 0.2) is 5.82 Å². The SMILES string of the molecule is Cc1cc(Nc2cc3ncccc3c(NC3C[C@H]4CCC[C@@H](C3)N4Cc3ccncc3C#N)n2)n[nH]1. The monoisotopic (exact) mass is 479 g/mol. The number of nitriles is 1. The topological polar surface area (TPSA) is 118 Å². The Morgan fingerprint density at radius 2 is 2.00 bits per heavy atom. The summed E-state index contributed by atoms with van der Waals surface area (Å²) in [7, 11) is 0. The van der Waals surface area contributed by atoms with Crippen LogP contribution in [-0.4, -0.2) is 48.2 Å². The first-order valence-corrected chi connectivity index (χ1v) is 12.6.